The number of fused-ring (bicyclic) bond motifs is 1. The van der Waals surface area contributed by atoms with Crippen molar-refractivity contribution in [3.63, 3.8) is 0 Å². The first-order valence-electron chi connectivity index (χ1n) is 10.6. The van der Waals surface area contributed by atoms with Gasteiger partial charge in [0.15, 0.2) is 0 Å². The monoisotopic (exact) mass is 392 g/mol. The molecule has 4 rings (SSSR count). The van der Waals surface area contributed by atoms with Gasteiger partial charge in [0.1, 0.15) is 5.52 Å². The maximum absolute atomic E-state index is 12.3. The minimum Gasteiger partial charge on any atom is -0.378 e. The summed E-state index contributed by atoms with van der Waals surface area (Å²) < 4.78 is 7.77. The molecule has 0 atom stereocenters. The second-order valence-corrected chi connectivity index (χ2v) is 7.67. The highest BCUT2D eigenvalue weighted by Crippen LogP contribution is 2.20. The Morgan fingerprint density at radius 1 is 1.07 bits per heavy atom. The standard InChI is InChI=1S/C23H28N4O2/c28-23(24-15-6-16-29-20-7-2-1-3-8-20)19-13-11-18(12-14-19)17-27-22-10-5-4-9-21(22)25-26-27/h4-5,9-14,20H,1-3,6-8,15-17H2,(H,24,28). The van der Waals surface area contributed by atoms with Crippen molar-refractivity contribution >= 4 is 16.9 Å². The zero-order chi connectivity index (χ0) is 19.9. The SMILES string of the molecule is O=C(NCCCOC1CCCCC1)c1ccc(Cn2nnc3ccccc32)cc1. The normalized spacial score (nSPS) is 14.9. The summed E-state index contributed by atoms with van der Waals surface area (Å²) in [6.07, 6.45) is 7.54. The molecule has 1 amide bonds. The quantitative estimate of drug-likeness (QED) is 0.590. The number of nitrogens with one attached hydrogen (secondary N) is 1. The van der Waals surface area contributed by atoms with Crippen molar-refractivity contribution in [1.29, 1.82) is 0 Å². The van der Waals surface area contributed by atoms with E-state index in [4.69, 9.17) is 4.74 Å². The van der Waals surface area contributed by atoms with Gasteiger partial charge in [0, 0.05) is 18.7 Å². The van der Waals surface area contributed by atoms with Crippen molar-refractivity contribution in [1.82, 2.24) is 20.3 Å². The predicted octanol–water partition coefficient (Wildman–Crippen LogP) is 3.95. The molecule has 6 nitrogen and oxygen atoms in total. The van der Waals surface area contributed by atoms with Crippen LogP contribution in [0.15, 0.2) is 48.5 Å². The number of benzene rings is 2. The minimum absolute atomic E-state index is 0.0413. The summed E-state index contributed by atoms with van der Waals surface area (Å²) in [5.41, 5.74) is 3.64. The van der Waals surface area contributed by atoms with E-state index in [0.717, 1.165) is 29.6 Å². The van der Waals surface area contributed by atoms with Crippen molar-refractivity contribution in [2.24, 2.45) is 0 Å². The van der Waals surface area contributed by atoms with Gasteiger partial charge in [-0.3, -0.25) is 4.79 Å². The lowest BCUT2D eigenvalue weighted by Crippen LogP contribution is -2.26. The van der Waals surface area contributed by atoms with Crippen molar-refractivity contribution in [2.75, 3.05) is 13.2 Å². The highest BCUT2D eigenvalue weighted by atomic mass is 16.5. The van der Waals surface area contributed by atoms with Crippen LogP contribution in [0.5, 0.6) is 0 Å². The third kappa shape index (κ3) is 5.21. The number of hydrogen-bond donors (Lipinski definition) is 1. The first-order valence-corrected chi connectivity index (χ1v) is 10.6. The van der Waals surface area contributed by atoms with Gasteiger partial charge in [-0.05, 0) is 49.1 Å². The Kier molecular flexibility index (Phi) is 6.52. The van der Waals surface area contributed by atoms with Gasteiger partial charge in [0.2, 0.25) is 0 Å². The first-order chi connectivity index (χ1) is 14.3. The highest BCUT2D eigenvalue weighted by Gasteiger charge is 2.13. The lowest BCUT2D eigenvalue weighted by atomic mass is 9.98. The molecule has 0 spiro atoms. The lowest BCUT2D eigenvalue weighted by molar-refractivity contribution is 0.0273. The third-order valence-corrected chi connectivity index (χ3v) is 5.48. The molecule has 0 saturated heterocycles. The second kappa shape index (κ2) is 9.65. The lowest BCUT2D eigenvalue weighted by Gasteiger charge is -2.21. The van der Waals surface area contributed by atoms with Gasteiger partial charge in [0.05, 0.1) is 18.2 Å². The van der Waals surface area contributed by atoms with E-state index in [0.29, 0.717) is 24.8 Å². The van der Waals surface area contributed by atoms with Crippen LogP contribution in [0.3, 0.4) is 0 Å². The Morgan fingerprint density at radius 3 is 2.69 bits per heavy atom. The highest BCUT2D eigenvalue weighted by molar-refractivity contribution is 5.94. The summed E-state index contributed by atoms with van der Waals surface area (Å²) >= 11 is 0. The van der Waals surface area contributed by atoms with E-state index in [1.165, 1.54) is 32.1 Å². The van der Waals surface area contributed by atoms with E-state index in [1.54, 1.807) is 0 Å². The molecule has 0 aliphatic heterocycles. The number of para-hydroxylation sites is 1. The fourth-order valence-electron chi connectivity index (χ4n) is 3.83. The van der Waals surface area contributed by atoms with E-state index in [2.05, 4.69) is 15.6 Å². The average molecular weight is 393 g/mol. The van der Waals surface area contributed by atoms with Crippen LogP contribution in [0.4, 0.5) is 0 Å². The van der Waals surface area contributed by atoms with E-state index >= 15 is 0 Å². The number of carbonyl (C=O) groups excluding carboxylic acids is 1. The smallest absolute Gasteiger partial charge is 0.251 e. The maximum atomic E-state index is 12.3. The van der Waals surface area contributed by atoms with Crippen molar-refractivity contribution in [2.45, 2.75) is 51.2 Å². The van der Waals surface area contributed by atoms with Crippen LogP contribution in [0, 0.1) is 0 Å². The molecule has 0 radical (unpaired) electrons. The molecule has 0 bridgehead atoms. The third-order valence-electron chi connectivity index (χ3n) is 5.48. The topological polar surface area (TPSA) is 69.0 Å². The summed E-state index contributed by atoms with van der Waals surface area (Å²) in [6, 6.07) is 15.6. The van der Waals surface area contributed by atoms with E-state index < -0.39 is 0 Å². The summed E-state index contributed by atoms with van der Waals surface area (Å²) in [5.74, 6) is -0.0413. The zero-order valence-electron chi connectivity index (χ0n) is 16.7. The molecule has 1 aliphatic rings. The minimum atomic E-state index is -0.0413. The number of rotatable bonds is 8. The van der Waals surface area contributed by atoms with E-state index in [1.807, 2.05) is 53.2 Å². The Morgan fingerprint density at radius 2 is 1.86 bits per heavy atom. The summed E-state index contributed by atoms with van der Waals surface area (Å²) in [4.78, 5) is 12.3. The summed E-state index contributed by atoms with van der Waals surface area (Å²) in [5, 5.41) is 11.4. The Bertz CT molecular complexity index is 929. The molecule has 1 aliphatic carbocycles. The summed E-state index contributed by atoms with van der Waals surface area (Å²) in [7, 11) is 0. The van der Waals surface area contributed by atoms with Crippen LogP contribution in [0.1, 0.15) is 54.4 Å². The van der Waals surface area contributed by atoms with E-state index in [-0.39, 0.29) is 5.91 Å². The molecule has 1 saturated carbocycles. The van der Waals surface area contributed by atoms with Crippen molar-refractivity contribution in [3.8, 4) is 0 Å². The number of aromatic nitrogens is 3. The number of nitrogens with zero attached hydrogens (tertiary/aromatic N) is 3. The molecule has 3 aromatic rings. The predicted molar refractivity (Wildman–Crippen MR) is 113 cm³/mol. The van der Waals surface area contributed by atoms with Crippen LogP contribution >= 0.6 is 0 Å². The number of ether oxygens (including phenoxy) is 1. The molecule has 1 N–H and O–H groups in total. The van der Waals surface area contributed by atoms with Crippen LogP contribution in [-0.2, 0) is 11.3 Å². The molecule has 152 valence electrons. The molecule has 29 heavy (non-hydrogen) atoms. The van der Waals surface area contributed by atoms with Crippen molar-refractivity contribution < 1.29 is 9.53 Å². The molecular weight excluding hydrogens is 364 g/mol. The Hall–Kier alpha value is -2.73. The van der Waals surface area contributed by atoms with Gasteiger partial charge < -0.3 is 10.1 Å². The first kappa shape index (κ1) is 19.6. The zero-order valence-corrected chi connectivity index (χ0v) is 16.7. The van der Waals surface area contributed by atoms with Gasteiger partial charge in [-0.15, -0.1) is 5.10 Å². The van der Waals surface area contributed by atoms with E-state index in [9.17, 15) is 4.79 Å². The molecule has 6 heteroatoms. The van der Waals surface area contributed by atoms with Crippen LogP contribution in [-0.4, -0.2) is 40.2 Å². The Labute approximate surface area is 171 Å². The van der Waals surface area contributed by atoms with Crippen LogP contribution in [0.2, 0.25) is 0 Å². The molecule has 1 fully saturated rings. The average Bonchev–Trinajstić information content (AvgIpc) is 3.17. The fraction of sp³-hybridized carbons (Fsp3) is 0.435. The fourth-order valence-corrected chi connectivity index (χ4v) is 3.83. The van der Waals surface area contributed by atoms with Crippen LogP contribution < -0.4 is 5.32 Å². The van der Waals surface area contributed by atoms with Gasteiger partial charge in [-0.25, -0.2) is 4.68 Å². The number of hydrogen-bond acceptors (Lipinski definition) is 4. The number of amides is 1. The largest absolute Gasteiger partial charge is 0.378 e. The number of carbonyl (C=O) groups is 1. The molecule has 0 unspecified atom stereocenters. The van der Waals surface area contributed by atoms with Crippen LogP contribution in [0.25, 0.3) is 11.0 Å². The summed E-state index contributed by atoms with van der Waals surface area (Å²) in [6.45, 7) is 1.98. The van der Waals surface area contributed by atoms with Gasteiger partial charge in [0.25, 0.3) is 5.91 Å². The maximum Gasteiger partial charge on any atom is 0.251 e. The van der Waals surface area contributed by atoms with Crippen molar-refractivity contribution in [3.05, 3.63) is 59.7 Å². The molecule has 1 aromatic heterocycles. The Balaban J connectivity index is 1.22. The molecular formula is C23H28N4O2. The van der Waals surface area contributed by atoms with Gasteiger partial charge in [-0.2, -0.15) is 0 Å². The van der Waals surface area contributed by atoms with Gasteiger partial charge in [-0.1, -0.05) is 48.7 Å². The molecule has 1 heterocycles. The molecule has 2 aromatic carbocycles. The van der Waals surface area contributed by atoms with Gasteiger partial charge >= 0.3 is 0 Å². The second-order valence-electron chi connectivity index (χ2n) is 7.67.